The van der Waals surface area contributed by atoms with Gasteiger partial charge in [-0.25, -0.2) is 23.7 Å². The molecule has 3 aromatic heterocycles. The average Bonchev–Trinajstić information content (AvgIpc) is 3.70. The molecule has 200 valence electrons. The second-order valence-electron chi connectivity index (χ2n) is 9.18. The number of hydrogen-bond donors (Lipinski definition) is 1. The van der Waals surface area contributed by atoms with Crippen LogP contribution < -0.4 is 5.32 Å². The minimum atomic E-state index is -4.75. The Bertz CT molecular complexity index is 1320. The molecule has 3 heterocycles. The molecule has 0 aromatic carbocycles. The van der Waals surface area contributed by atoms with Crippen LogP contribution in [0.4, 0.5) is 33.6 Å². The minimum absolute atomic E-state index is 0.0636. The summed E-state index contributed by atoms with van der Waals surface area (Å²) in [5, 5.41) is 12.5. The van der Waals surface area contributed by atoms with Gasteiger partial charge < -0.3 is 5.32 Å². The summed E-state index contributed by atoms with van der Waals surface area (Å²) in [6.45, 7) is 1.44. The Labute approximate surface area is 215 Å². The fourth-order valence-corrected chi connectivity index (χ4v) is 3.79. The number of nitriles is 1. The third-order valence-electron chi connectivity index (χ3n) is 6.25. The molecule has 13 heteroatoms. The van der Waals surface area contributed by atoms with Crippen molar-refractivity contribution in [3.05, 3.63) is 47.9 Å². The van der Waals surface area contributed by atoms with E-state index < -0.39 is 23.3 Å². The molecule has 3 aromatic rings. The van der Waals surface area contributed by atoms with Crippen molar-refractivity contribution in [1.82, 2.24) is 29.9 Å². The van der Waals surface area contributed by atoms with E-state index in [9.17, 15) is 27.2 Å². The highest BCUT2D eigenvalue weighted by Crippen LogP contribution is 2.47. The molecule has 38 heavy (non-hydrogen) atoms. The van der Waals surface area contributed by atoms with E-state index in [-0.39, 0.29) is 36.1 Å². The maximum Gasteiger partial charge on any atom is 0.451 e. The molecular weight excluding hydrogens is 507 g/mol. The van der Waals surface area contributed by atoms with Crippen molar-refractivity contribution in [1.29, 1.82) is 5.26 Å². The molecule has 1 N–H and O–H groups in total. The lowest BCUT2D eigenvalue weighted by Gasteiger charge is -2.13. The molecule has 0 saturated heterocycles. The maximum absolute atomic E-state index is 13.5. The fraction of sp³-hybridized carbons (Fsp3) is 0.480. The Morgan fingerprint density at radius 1 is 0.974 bits per heavy atom. The first-order chi connectivity index (χ1) is 18.0. The van der Waals surface area contributed by atoms with E-state index in [1.165, 1.54) is 13.0 Å². The Morgan fingerprint density at radius 2 is 1.74 bits per heavy atom. The summed E-state index contributed by atoms with van der Waals surface area (Å²) in [5.41, 5.74) is 0.393. The average molecular weight is 533 g/mol. The molecule has 1 saturated carbocycles. The third kappa shape index (κ3) is 6.73. The zero-order chi connectivity index (χ0) is 27.4. The summed E-state index contributed by atoms with van der Waals surface area (Å²) in [4.78, 5) is 24.1. The predicted octanol–water partition coefficient (Wildman–Crippen LogP) is 6.19. The zero-order valence-electron chi connectivity index (χ0n) is 20.6. The van der Waals surface area contributed by atoms with Crippen molar-refractivity contribution in [2.75, 3.05) is 5.32 Å². The van der Waals surface area contributed by atoms with Crippen LogP contribution in [0.25, 0.3) is 11.5 Å². The molecule has 0 radical (unpaired) electrons. The van der Waals surface area contributed by atoms with Gasteiger partial charge in [-0.2, -0.15) is 28.4 Å². The smallest absolute Gasteiger partial charge is 0.324 e. The van der Waals surface area contributed by atoms with Crippen LogP contribution >= 0.6 is 0 Å². The number of pyridine rings is 1. The number of anilines is 2. The van der Waals surface area contributed by atoms with Crippen molar-refractivity contribution in [2.24, 2.45) is 0 Å². The number of hydrogen-bond acceptors (Lipinski definition) is 8. The van der Waals surface area contributed by atoms with Gasteiger partial charge in [-0.3, -0.25) is 4.98 Å². The first-order valence-electron chi connectivity index (χ1n) is 12.2. The molecule has 0 atom stereocenters. The second-order valence-corrected chi connectivity index (χ2v) is 9.18. The highest BCUT2D eigenvalue weighted by atomic mass is 19.4. The number of rotatable bonds is 11. The van der Waals surface area contributed by atoms with Gasteiger partial charge in [0.1, 0.15) is 11.5 Å². The zero-order valence-corrected chi connectivity index (χ0v) is 20.6. The van der Waals surface area contributed by atoms with E-state index >= 15 is 0 Å². The quantitative estimate of drug-likeness (QED) is 0.230. The van der Waals surface area contributed by atoms with Crippen LogP contribution in [0, 0.1) is 11.3 Å². The molecule has 0 unspecified atom stereocenters. The lowest BCUT2D eigenvalue weighted by Crippen LogP contribution is -2.13. The van der Waals surface area contributed by atoms with Crippen LogP contribution in [0.5, 0.6) is 0 Å². The van der Waals surface area contributed by atoms with Crippen LogP contribution in [0.3, 0.4) is 0 Å². The number of alkyl halides is 5. The monoisotopic (exact) mass is 532 g/mol. The van der Waals surface area contributed by atoms with E-state index in [0.717, 1.165) is 6.20 Å². The Kier molecular flexibility index (Phi) is 7.80. The summed E-state index contributed by atoms with van der Waals surface area (Å²) in [5.74, 6) is -3.78. The second kappa shape index (κ2) is 10.9. The summed E-state index contributed by atoms with van der Waals surface area (Å²) >= 11 is 0. The highest BCUT2D eigenvalue weighted by Gasteiger charge is 2.46. The normalized spacial score (nSPS) is 14.7. The minimum Gasteiger partial charge on any atom is -0.324 e. The molecule has 8 nitrogen and oxygen atoms in total. The van der Waals surface area contributed by atoms with Crippen molar-refractivity contribution in [2.45, 2.75) is 75.8 Å². The van der Waals surface area contributed by atoms with Crippen LogP contribution in [0.2, 0.25) is 0 Å². The Hall–Kier alpha value is -3.82. The van der Waals surface area contributed by atoms with Crippen molar-refractivity contribution in [3.63, 3.8) is 0 Å². The lowest BCUT2D eigenvalue weighted by atomic mass is 10.0. The molecule has 0 amide bonds. The van der Waals surface area contributed by atoms with E-state index in [2.05, 4.69) is 41.3 Å². The molecule has 0 spiro atoms. The number of aryl methyl sites for hydroxylation is 1. The van der Waals surface area contributed by atoms with Gasteiger partial charge in [-0.15, -0.1) is 0 Å². The Balaban J connectivity index is 1.58. The standard InChI is InChI=1S/C25H25F5N8/c1-2-24(26,27)9-5-3-4-6-19-36-20(17-8-13-33-21(35-17)25(28,29)30)38-22(37-19)34-16-7-12-32-18(14-16)23(15-31)10-11-23/h7-8,12-14H,2-6,9-11H2,1H3,(H,32,34,36,37,38). The summed E-state index contributed by atoms with van der Waals surface area (Å²) < 4.78 is 66.5. The van der Waals surface area contributed by atoms with Gasteiger partial charge in [0.05, 0.1) is 17.2 Å². The van der Waals surface area contributed by atoms with Crippen LogP contribution in [0.15, 0.2) is 30.6 Å². The summed E-state index contributed by atoms with van der Waals surface area (Å²) in [7, 11) is 0. The molecule has 1 fully saturated rings. The number of unbranched alkanes of at least 4 members (excludes halogenated alkanes) is 2. The summed E-state index contributed by atoms with van der Waals surface area (Å²) in [6.07, 6.45) is 0.395. The predicted molar refractivity (Wildman–Crippen MR) is 127 cm³/mol. The SMILES string of the molecule is CCC(F)(F)CCCCCc1nc(Nc2ccnc(C3(C#N)CC3)c2)nc(-c2ccnc(C(F)(F)F)n2)n1. The Morgan fingerprint density at radius 3 is 2.42 bits per heavy atom. The van der Waals surface area contributed by atoms with Crippen molar-refractivity contribution in [3.8, 4) is 17.6 Å². The topological polar surface area (TPSA) is 113 Å². The van der Waals surface area contributed by atoms with Crippen LogP contribution in [-0.2, 0) is 18.0 Å². The molecule has 0 bridgehead atoms. The van der Waals surface area contributed by atoms with Gasteiger partial charge in [-0.1, -0.05) is 13.3 Å². The van der Waals surface area contributed by atoms with Crippen molar-refractivity contribution >= 4 is 11.6 Å². The maximum atomic E-state index is 13.5. The van der Waals surface area contributed by atoms with E-state index in [1.807, 2.05) is 0 Å². The molecular formula is C25H25F5N8. The molecule has 0 aliphatic heterocycles. The van der Waals surface area contributed by atoms with Gasteiger partial charge in [0, 0.05) is 37.3 Å². The third-order valence-corrected chi connectivity index (χ3v) is 6.25. The van der Waals surface area contributed by atoms with Gasteiger partial charge in [0.15, 0.2) is 5.82 Å². The van der Waals surface area contributed by atoms with Crippen LogP contribution in [0.1, 0.15) is 69.2 Å². The van der Waals surface area contributed by atoms with Crippen LogP contribution in [-0.4, -0.2) is 35.8 Å². The molecule has 4 rings (SSSR count). The van der Waals surface area contributed by atoms with Crippen molar-refractivity contribution < 1.29 is 22.0 Å². The van der Waals surface area contributed by atoms with Gasteiger partial charge in [-0.05, 0) is 43.9 Å². The first-order valence-corrected chi connectivity index (χ1v) is 12.2. The first kappa shape index (κ1) is 27.2. The number of aromatic nitrogens is 6. The highest BCUT2D eigenvalue weighted by molar-refractivity contribution is 5.58. The largest absolute Gasteiger partial charge is 0.451 e. The number of nitrogens with zero attached hydrogens (tertiary/aromatic N) is 7. The van der Waals surface area contributed by atoms with Gasteiger partial charge >= 0.3 is 6.18 Å². The lowest BCUT2D eigenvalue weighted by molar-refractivity contribution is -0.144. The number of nitrogens with one attached hydrogen (secondary N) is 1. The van der Waals surface area contributed by atoms with E-state index in [1.54, 1.807) is 18.3 Å². The number of halogens is 5. The molecule has 1 aliphatic carbocycles. The van der Waals surface area contributed by atoms with E-state index in [0.29, 0.717) is 49.9 Å². The van der Waals surface area contributed by atoms with Gasteiger partial charge in [0.2, 0.25) is 17.7 Å². The van der Waals surface area contributed by atoms with Gasteiger partial charge in [0.25, 0.3) is 0 Å². The molecule has 1 aliphatic rings. The van der Waals surface area contributed by atoms with E-state index in [4.69, 9.17) is 0 Å². The summed E-state index contributed by atoms with van der Waals surface area (Å²) in [6, 6.07) is 6.90. The fourth-order valence-electron chi connectivity index (χ4n) is 3.79.